The zero-order valence-electron chi connectivity index (χ0n) is 7.06. The number of halogens is 2. The second-order valence-corrected chi connectivity index (χ2v) is 5.25. The maximum atomic E-state index is 4.48. The SMILES string of the molecule is Brc1cc(I)cc(C2=NCCC2)c1. The van der Waals surface area contributed by atoms with Crippen LogP contribution in [0.4, 0.5) is 0 Å². The van der Waals surface area contributed by atoms with Gasteiger partial charge in [0, 0.05) is 20.3 Å². The van der Waals surface area contributed by atoms with Crippen LogP contribution in [0.3, 0.4) is 0 Å². The molecule has 0 aliphatic carbocycles. The number of hydrogen-bond acceptors (Lipinski definition) is 1. The monoisotopic (exact) mass is 349 g/mol. The second kappa shape index (κ2) is 4.09. The molecule has 0 amide bonds. The Morgan fingerprint density at radius 3 is 2.77 bits per heavy atom. The van der Waals surface area contributed by atoms with E-state index in [0.29, 0.717) is 0 Å². The van der Waals surface area contributed by atoms with Crippen LogP contribution in [0.5, 0.6) is 0 Å². The predicted molar refractivity (Wildman–Crippen MR) is 67.5 cm³/mol. The molecule has 1 aromatic rings. The first-order valence-electron chi connectivity index (χ1n) is 4.25. The first-order valence-corrected chi connectivity index (χ1v) is 6.13. The van der Waals surface area contributed by atoms with Crippen LogP contribution in [0.25, 0.3) is 0 Å². The molecule has 0 atom stereocenters. The summed E-state index contributed by atoms with van der Waals surface area (Å²) < 4.78 is 2.40. The first kappa shape index (κ1) is 9.65. The molecule has 0 saturated heterocycles. The van der Waals surface area contributed by atoms with Gasteiger partial charge in [-0.25, -0.2) is 0 Å². The lowest BCUT2D eigenvalue weighted by Crippen LogP contribution is -1.96. The van der Waals surface area contributed by atoms with Gasteiger partial charge >= 0.3 is 0 Å². The highest BCUT2D eigenvalue weighted by Gasteiger charge is 2.09. The van der Waals surface area contributed by atoms with Crippen molar-refractivity contribution in [2.24, 2.45) is 4.99 Å². The summed E-state index contributed by atoms with van der Waals surface area (Å²) in [6.07, 6.45) is 2.34. The average molecular weight is 350 g/mol. The van der Waals surface area contributed by atoms with E-state index in [4.69, 9.17) is 0 Å². The molecule has 0 radical (unpaired) electrons. The molecule has 0 bridgehead atoms. The molecule has 0 saturated carbocycles. The summed E-state index contributed by atoms with van der Waals surface area (Å²) in [6.45, 7) is 0.998. The van der Waals surface area contributed by atoms with E-state index in [1.165, 1.54) is 21.3 Å². The molecule has 13 heavy (non-hydrogen) atoms. The van der Waals surface area contributed by atoms with Crippen molar-refractivity contribution in [3.8, 4) is 0 Å². The van der Waals surface area contributed by atoms with E-state index in [1.54, 1.807) is 0 Å². The predicted octanol–water partition coefficient (Wildman–Crippen LogP) is 3.64. The van der Waals surface area contributed by atoms with E-state index in [-0.39, 0.29) is 0 Å². The lowest BCUT2D eigenvalue weighted by molar-refractivity contribution is 0.951. The Kier molecular flexibility index (Phi) is 3.03. The van der Waals surface area contributed by atoms with E-state index < -0.39 is 0 Å². The van der Waals surface area contributed by atoms with Crippen molar-refractivity contribution in [3.05, 3.63) is 31.8 Å². The second-order valence-electron chi connectivity index (χ2n) is 3.09. The molecule has 0 aromatic heterocycles. The van der Waals surface area contributed by atoms with Crippen LogP contribution in [0.2, 0.25) is 0 Å². The Balaban J connectivity index is 2.39. The normalized spacial score (nSPS) is 16.0. The lowest BCUT2D eigenvalue weighted by Gasteiger charge is -2.02. The van der Waals surface area contributed by atoms with E-state index >= 15 is 0 Å². The summed E-state index contributed by atoms with van der Waals surface area (Å²) in [5.74, 6) is 0. The third-order valence-corrected chi connectivity index (χ3v) is 3.15. The van der Waals surface area contributed by atoms with Gasteiger partial charge in [-0.15, -0.1) is 0 Å². The Bertz CT molecular complexity index is 340. The topological polar surface area (TPSA) is 12.4 Å². The summed E-state index contributed by atoms with van der Waals surface area (Å²) in [4.78, 5) is 4.48. The third kappa shape index (κ3) is 2.31. The summed E-state index contributed by atoms with van der Waals surface area (Å²) in [5, 5.41) is 0. The Hall–Kier alpha value is 0.1000. The molecule has 1 heterocycles. The number of nitrogens with zero attached hydrogens (tertiary/aromatic N) is 1. The summed E-state index contributed by atoms with van der Waals surface area (Å²) in [7, 11) is 0. The van der Waals surface area contributed by atoms with Crippen molar-refractivity contribution in [2.45, 2.75) is 12.8 Å². The van der Waals surface area contributed by atoms with Crippen LogP contribution in [0.15, 0.2) is 27.7 Å². The van der Waals surface area contributed by atoms with E-state index in [0.717, 1.165) is 17.4 Å². The van der Waals surface area contributed by atoms with Crippen molar-refractivity contribution < 1.29 is 0 Å². The van der Waals surface area contributed by atoms with Gasteiger partial charge in [0.25, 0.3) is 0 Å². The Morgan fingerprint density at radius 2 is 2.15 bits per heavy atom. The largest absolute Gasteiger partial charge is 0.289 e. The van der Waals surface area contributed by atoms with Crippen molar-refractivity contribution in [1.29, 1.82) is 0 Å². The molecule has 0 spiro atoms. The van der Waals surface area contributed by atoms with Gasteiger partial charge in [-0.2, -0.15) is 0 Å². The Morgan fingerprint density at radius 1 is 1.31 bits per heavy atom. The molecule has 1 aliphatic rings. The minimum atomic E-state index is 0.998. The van der Waals surface area contributed by atoms with Gasteiger partial charge in [0.05, 0.1) is 0 Å². The van der Waals surface area contributed by atoms with Gasteiger partial charge in [-0.05, 0) is 59.2 Å². The lowest BCUT2D eigenvalue weighted by atomic mass is 10.1. The molecule has 3 heteroatoms. The summed E-state index contributed by atoms with van der Waals surface area (Å²) in [6, 6.07) is 6.45. The molecular weight excluding hydrogens is 341 g/mol. The van der Waals surface area contributed by atoms with Gasteiger partial charge in [-0.1, -0.05) is 15.9 Å². The molecular formula is C10H9BrIN. The van der Waals surface area contributed by atoms with Crippen LogP contribution in [0.1, 0.15) is 18.4 Å². The van der Waals surface area contributed by atoms with Crippen molar-refractivity contribution in [3.63, 3.8) is 0 Å². The van der Waals surface area contributed by atoms with Crippen LogP contribution in [-0.2, 0) is 0 Å². The molecule has 68 valence electrons. The summed E-state index contributed by atoms with van der Waals surface area (Å²) in [5.41, 5.74) is 2.54. The zero-order chi connectivity index (χ0) is 9.26. The maximum Gasteiger partial charge on any atom is 0.0421 e. The van der Waals surface area contributed by atoms with Gasteiger partial charge in [0.1, 0.15) is 0 Å². The highest BCUT2D eigenvalue weighted by atomic mass is 127. The first-order chi connectivity index (χ1) is 6.25. The number of hydrogen-bond donors (Lipinski definition) is 0. The average Bonchev–Trinajstić information content (AvgIpc) is 2.53. The number of aliphatic imine (C=N–C) groups is 1. The fraction of sp³-hybridized carbons (Fsp3) is 0.300. The Labute approximate surface area is 99.9 Å². The minimum absolute atomic E-state index is 0.998. The highest BCUT2D eigenvalue weighted by molar-refractivity contribution is 14.1. The number of rotatable bonds is 1. The molecule has 0 N–H and O–H groups in total. The fourth-order valence-electron chi connectivity index (χ4n) is 1.50. The van der Waals surface area contributed by atoms with Crippen molar-refractivity contribution >= 4 is 44.2 Å². The van der Waals surface area contributed by atoms with Crippen molar-refractivity contribution in [1.82, 2.24) is 0 Å². The van der Waals surface area contributed by atoms with Gasteiger partial charge in [0.2, 0.25) is 0 Å². The molecule has 0 unspecified atom stereocenters. The van der Waals surface area contributed by atoms with E-state index in [1.807, 2.05) is 0 Å². The smallest absolute Gasteiger partial charge is 0.0421 e. The maximum absolute atomic E-state index is 4.48. The third-order valence-electron chi connectivity index (χ3n) is 2.07. The molecule has 0 fully saturated rings. The molecule has 1 aliphatic heterocycles. The van der Waals surface area contributed by atoms with Crippen molar-refractivity contribution in [2.75, 3.05) is 6.54 Å². The number of benzene rings is 1. The van der Waals surface area contributed by atoms with E-state index in [9.17, 15) is 0 Å². The van der Waals surface area contributed by atoms with Gasteiger partial charge < -0.3 is 0 Å². The fourth-order valence-corrected chi connectivity index (χ4v) is 3.09. The standard InChI is InChI=1S/C10H9BrIN/c11-8-4-7(5-9(12)6-8)10-2-1-3-13-10/h4-6H,1-3H2. The molecule has 1 aromatic carbocycles. The molecule has 2 rings (SSSR count). The van der Waals surface area contributed by atoms with Crippen LogP contribution < -0.4 is 0 Å². The summed E-state index contributed by atoms with van der Waals surface area (Å²) >= 11 is 5.83. The minimum Gasteiger partial charge on any atom is -0.289 e. The zero-order valence-corrected chi connectivity index (χ0v) is 10.8. The van der Waals surface area contributed by atoms with Crippen LogP contribution in [0, 0.1) is 3.57 Å². The van der Waals surface area contributed by atoms with Crippen LogP contribution >= 0.6 is 38.5 Å². The molecule has 1 nitrogen and oxygen atoms in total. The van der Waals surface area contributed by atoms with Crippen LogP contribution in [-0.4, -0.2) is 12.3 Å². The highest BCUT2D eigenvalue weighted by Crippen LogP contribution is 2.21. The van der Waals surface area contributed by atoms with Gasteiger partial charge in [0.15, 0.2) is 0 Å². The van der Waals surface area contributed by atoms with Gasteiger partial charge in [-0.3, -0.25) is 4.99 Å². The quantitative estimate of drug-likeness (QED) is 0.686. The van der Waals surface area contributed by atoms with E-state index in [2.05, 4.69) is 61.7 Å².